The molecule has 0 aliphatic carbocycles. The number of nitrogens with zero attached hydrogens (tertiary/aromatic N) is 1. The van der Waals surface area contributed by atoms with E-state index in [2.05, 4.69) is 20.9 Å². The van der Waals surface area contributed by atoms with E-state index in [9.17, 15) is 4.39 Å². The van der Waals surface area contributed by atoms with E-state index >= 15 is 0 Å². The van der Waals surface area contributed by atoms with Gasteiger partial charge in [0.2, 0.25) is 0 Å². The molecule has 0 radical (unpaired) electrons. The summed E-state index contributed by atoms with van der Waals surface area (Å²) in [6.07, 6.45) is 1.55. The summed E-state index contributed by atoms with van der Waals surface area (Å²) in [5.41, 5.74) is 7.16. The molecule has 0 atom stereocenters. The molecule has 1 heterocycles. The van der Waals surface area contributed by atoms with E-state index in [1.807, 2.05) is 24.3 Å². The fraction of sp³-hybridized carbons (Fsp3) is 0. The number of hydrogen-bond acceptors (Lipinski definition) is 3. The minimum atomic E-state index is -0.336. The molecule has 3 nitrogen and oxygen atoms in total. The van der Waals surface area contributed by atoms with Crippen LogP contribution in [0.5, 0.6) is 11.5 Å². The van der Waals surface area contributed by atoms with Crippen molar-refractivity contribution >= 4 is 32.5 Å². The second-order valence-electron chi connectivity index (χ2n) is 4.24. The second-order valence-corrected chi connectivity index (χ2v) is 5.09. The number of nitrogen functional groups attached to an aromatic ring is 1. The molecule has 20 heavy (non-hydrogen) atoms. The van der Waals surface area contributed by atoms with Crippen molar-refractivity contribution in [3.8, 4) is 11.5 Å². The van der Waals surface area contributed by atoms with Crippen LogP contribution in [0.2, 0.25) is 0 Å². The van der Waals surface area contributed by atoms with E-state index in [4.69, 9.17) is 10.5 Å². The summed E-state index contributed by atoms with van der Waals surface area (Å²) in [6.45, 7) is 0. The summed E-state index contributed by atoms with van der Waals surface area (Å²) >= 11 is 3.27. The van der Waals surface area contributed by atoms with Gasteiger partial charge in [0.25, 0.3) is 0 Å². The minimum Gasteiger partial charge on any atom is -0.453 e. The SMILES string of the molecule is Nc1cnc2ccccc2c1Oc1ccc(F)cc1Br. The summed E-state index contributed by atoms with van der Waals surface area (Å²) in [5, 5.41) is 0.809. The third-order valence-electron chi connectivity index (χ3n) is 2.86. The van der Waals surface area contributed by atoms with Gasteiger partial charge in [-0.2, -0.15) is 0 Å². The molecule has 0 unspecified atom stereocenters. The second kappa shape index (κ2) is 5.09. The van der Waals surface area contributed by atoms with Gasteiger partial charge in [-0.05, 0) is 46.3 Å². The fourth-order valence-electron chi connectivity index (χ4n) is 1.91. The van der Waals surface area contributed by atoms with Crippen LogP contribution in [0.25, 0.3) is 10.9 Å². The van der Waals surface area contributed by atoms with Gasteiger partial charge in [-0.1, -0.05) is 12.1 Å². The molecule has 0 saturated heterocycles. The Hall–Kier alpha value is -2.14. The molecule has 0 bridgehead atoms. The van der Waals surface area contributed by atoms with Gasteiger partial charge in [-0.3, -0.25) is 4.98 Å². The molecule has 0 saturated carbocycles. The Morgan fingerprint density at radius 3 is 2.75 bits per heavy atom. The van der Waals surface area contributed by atoms with Crippen molar-refractivity contribution in [2.45, 2.75) is 0 Å². The van der Waals surface area contributed by atoms with Crippen LogP contribution in [0.1, 0.15) is 0 Å². The summed E-state index contributed by atoms with van der Waals surface area (Å²) in [4.78, 5) is 4.24. The molecule has 0 aliphatic rings. The standard InChI is InChI=1S/C15H10BrFN2O/c16-11-7-9(17)5-6-14(11)20-15-10-3-1-2-4-13(10)19-8-12(15)18/h1-8H,18H2. The number of benzene rings is 2. The van der Waals surface area contributed by atoms with Gasteiger partial charge in [0, 0.05) is 5.39 Å². The Balaban J connectivity index is 2.12. The van der Waals surface area contributed by atoms with Crippen LogP contribution >= 0.6 is 15.9 Å². The van der Waals surface area contributed by atoms with Crippen molar-refractivity contribution in [2.75, 3.05) is 5.73 Å². The van der Waals surface area contributed by atoms with Crippen molar-refractivity contribution in [3.05, 3.63) is 59.0 Å². The number of fused-ring (bicyclic) bond motifs is 1. The number of anilines is 1. The number of nitrogens with two attached hydrogens (primary N) is 1. The van der Waals surface area contributed by atoms with Crippen LogP contribution in [0, 0.1) is 5.82 Å². The van der Waals surface area contributed by atoms with E-state index in [-0.39, 0.29) is 5.82 Å². The first-order chi connectivity index (χ1) is 9.65. The molecule has 0 spiro atoms. The smallest absolute Gasteiger partial charge is 0.161 e. The van der Waals surface area contributed by atoms with Crippen molar-refractivity contribution in [2.24, 2.45) is 0 Å². The van der Waals surface area contributed by atoms with Gasteiger partial charge >= 0.3 is 0 Å². The van der Waals surface area contributed by atoms with E-state index in [1.54, 1.807) is 12.3 Å². The fourth-order valence-corrected chi connectivity index (χ4v) is 2.35. The lowest BCUT2D eigenvalue weighted by Crippen LogP contribution is -1.95. The maximum Gasteiger partial charge on any atom is 0.161 e. The molecular formula is C15H10BrFN2O. The highest BCUT2D eigenvalue weighted by molar-refractivity contribution is 9.10. The molecule has 0 amide bonds. The zero-order chi connectivity index (χ0) is 14.1. The van der Waals surface area contributed by atoms with E-state index in [0.717, 1.165) is 10.9 Å². The Morgan fingerprint density at radius 1 is 1.15 bits per heavy atom. The Kier molecular flexibility index (Phi) is 3.28. The molecule has 2 aromatic carbocycles. The Labute approximate surface area is 123 Å². The number of aromatic nitrogens is 1. The average molecular weight is 333 g/mol. The van der Waals surface area contributed by atoms with E-state index in [1.165, 1.54) is 12.1 Å². The summed E-state index contributed by atoms with van der Waals surface area (Å²) < 4.78 is 19.5. The molecule has 0 fully saturated rings. The normalized spacial score (nSPS) is 10.7. The molecular weight excluding hydrogens is 323 g/mol. The minimum absolute atomic E-state index is 0.336. The lowest BCUT2D eigenvalue weighted by molar-refractivity contribution is 0.484. The Morgan fingerprint density at radius 2 is 1.95 bits per heavy atom. The Bertz CT molecular complexity index is 792. The van der Waals surface area contributed by atoms with Gasteiger partial charge in [0.05, 0.1) is 21.9 Å². The maximum absolute atomic E-state index is 13.1. The monoisotopic (exact) mass is 332 g/mol. The molecule has 3 rings (SSSR count). The summed E-state index contributed by atoms with van der Waals surface area (Å²) in [6, 6.07) is 11.8. The summed E-state index contributed by atoms with van der Waals surface area (Å²) in [5.74, 6) is 0.675. The third-order valence-corrected chi connectivity index (χ3v) is 3.48. The number of pyridine rings is 1. The van der Waals surface area contributed by atoms with Crippen LogP contribution in [-0.2, 0) is 0 Å². The van der Waals surface area contributed by atoms with Gasteiger partial charge in [-0.25, -0.2) is 4.39 Å². The molecule has 3 aromatic rings. The quantitative estimate of drug-likeness (QED) is 0.751. The number of halogens is 2. The molecule has 100 valence electrons. The van der Waals surface area contributed by atoms with Crippen LogP contribution in [0.4, 0.5) is 10.1 Å². The van der Waals surface area contributed by atoms with Crippen LogP contribution in [0.3, 0.4) is 0 Å². The highest BCUT2D eigenvalue weighted by Gasteiger charge is 2.11. The zero-order valence-corrected chi connectivity index (χ0v) is 11.9. The van der Waals surface area contributed by atoms with Crippen LogP contribution < -0.4 is 10.5 Å². The topological polar surface area (TPSA) is 48.1 Å². The largest absolute Gasteiger partial charge is 0.453 e. The van der Waals surface area contributed by atoms with E-state index < -0.39 is 0 Å². The van der Waals surface area contributed by atoms with Gasteiger partial charge in [0.15, 0.2) is 5.75 Å². The molecule has 2 N–H and O–H groups in total. The summed E-state index contributed by atoms with van der Waals surface area (Å²) in [7, 11) is 0. The zero-order valence-electron chi connectivity index (χ0n) is 10.3. The first-order valence-corrected chi connectivity index (χ1v) is 6.70. The number of para-hydroxylation sites is 1. The lowest BCUT2D eigenvalue weighted by atomic mass is 10.2. The van der Waals surface area contributed by atoms with Crippen molar-refractivity contribution < 1.29 is 9.13 Å². The predicted molar refractivity (Wildman–Crippen MR) is 80.3 cm³/mol. The molecule has 0 aliphatic heterocycles. The van der Waals surface area contributed by atoms with Gasteiger partial charge in [0.1, 0.15) is 11.6 Å². The highest BCUT2D eigenvalue weighted by Crippen LogP contribution is 2.37. The number of ether oxygens (including phenoxy) is 1. The van der Waals surface area contributed by atoms with Crippen molar-refractivity contribution in [1.29, 1.82) is 0 Å². The molecule has 5 heteroatoms. The first-order valence-electron chi connectivity index (χ1n) is 5.91. The average Bonchev–Trinajstić information content (AvgIpc) is 2.44. The maximum atomic E-state index is 13.1. The van der Waals surface area contributed by atoms with Gasteiger partial charge in [-0.15, -0.1) is 0 Å². The van der Waals surface area contributed by atoms with Gasteiger partial charge < -0.3 is 10.5 Å². The number of rotatable bonds is 2. The highest BCUT2D eigenvalue weighted by atomic mass is 79.9. The van der Waals surface area contributed by atoms with Crippen molar-refractivity contribution in [1.82, 2.24) is 4.98 Å². The predicted octanol–water partition coefficient (Wildman–Crippen LogP) is 4.51. The first kappa shape index (κ1) is 12.9. The van der Waals surface area contributed by atoms with Crippen LogP contribution in [0.15, 0.2) is 53.1 Å². The number of hydrogen-bond donors (Lipinski definition) is 1. The molecule has 1 aromatic heterocycles. The van der Waals surface area contributed by atoms with Crippen LogP contribution in [-0.4, -0.2) is 4.98 Å². The lowest BCUT2D eigenvalue weighted by Gasteiger charge is -2.12. The van der Waals surface area contributed by atoms with Crippen molar-refractivity contribution in [3.63, 3.8) is 0 Å². The third kappa shape index (κ3) is 2.32. The van der Waals surface area contributed by atoms with E-state index in [0.29, 0.717) is 21.7 Å².